The van der Waals surface area contributed by atoms with Crippen molar-refractivity contribution in [3.8, 4) is 0 Å². The zero-order chi connectivity index (χ0) is 15.0. The predicted molar refractivity (Wildman–Crippen MR) is 84.7 cm³/mol. The highest BCUT2D eigenvalue weighted by atomic mass is 32.2. The van der Waals surface area contributed by atoms with Crippen LogP contribution in [0.3, 0.4) is 0 Å². The summed E-state index contributed by atoms with van der Waals surface area (Å²) in [5.41, 5.74) is 0. The lowest BCUT2D eigenvalue weighted by atomic mass is 10.1. The molecule has 0 aliphatic carbocycles. The van der Waals surface area contributed by atoms with E-state index < -0.39 is 9.84 Å². The SMILES string of the molecule is CCCNC(CCC)C(CC)S(=O)(=O)c1ccccc1. The molecule has 0 bridgehead atoms. The van der Waals surface area contributed by atoms with E-state index >= 15 is 0 Å². The third kappa shape index (κ3) is 4.32. The molecule has 0 amide bonds. The molecule has 0 spiro atoms. The maximum absolute atomic E-state index is 12.8. The topological polar surface area (TPSA) is 46.2 Å². The van der Waals surface area contributed by atoms with Crippen molar-refractivity contribution in [2.24, 2.45) is 0 Å². The van der Waals surface area contributed by atoms with Gasteiger partial charge in [-0.1, -0.05) is 45.4 Å². The second kappa shape index (κ2) is 8.42. The summed E-state index contributed by atoms with van der Waals surface area (Å²) in [5, 5.41) is 3.07. The summed E-state index contributed by atoms with van der Waals surface area (Å²) in [4.78, 5) is 0.436. The molecule has 0 heterocycles. The van der Waals surface area contributed by atoms with Gasteiger partial charge < -0.3 is 5.32 Å². The molecule has 3 nitrogen and oxygen atoms in total. The molecule has 0 aromatic heterocycles. The zero-order valence-corrected chi connectivity index (χ0v) is 13.6. The first-order valence-electron chi connectivity index (χ1n) is 7.60. The lowest BCUT2D eigenvalue weighted by Crippen LogP contribution is -2.44. The van der Waals surface area contributed by atoms with Crippen LogP contribution in [0, 0.1) is 0 Å². The number of nitrogens with one attached hydrogen (secondary N) is 1. The van der Waals surface area contributed by atoms with Gasteiger partial charge in [-0.25, -0.2) is 8.42 Å². The van der Waals surface area contributed by atoms with Crippen molar-refractivity contribution in [1.29, 1.82) is 0 Å². The van der Waals surface area contributed by atoms with Crippen LogP contribution < -0.4 is 5.32 Å². The van der Waals surface area contributed by atoms with Gasteiger partial charge in [0.1, 0.15) is 0 Å². The van der Waals surface area contributed by atoms with E-state index in [1.54, 1.807) is 24.3 Å². The van der Waals surface area contributed by atoms with E-state index in [0.29, 0.717) is 11.3 Å². The monoisotopic (exact) mass is 297 g/mol. The molecule has 2 unspecified atom stereocenters. The van der Waals surface area contributed by atoms with Crippen LogP contribution in [0.5, 0.6) is 0 Å². The van der Waals surface area contributed by atoms with Crippen LogP contribution in [0.1, 0.15) is 46.5 Å². The average Bonchev–Trinajstić information content (AvgIpc) is 2.46. The second-order valence-corrected chi connectivity index (χ2v) is 7.32. The van der Waals surface area contributed by atoms with Gasteiger partial charge in [-0.05, 0) is 37.9 Å². The molecule has 114 valence electrons. The summed E-state index contributed by atoms with van der Waals surface area (Å²) in [6, 6.07) is 8.84. The maximum Gasteiger partial charge on any atom is 0.182 e. The summed E-state index contributed by atoms with van der Waals surface area (Å²) in [7, 11) is -3.27. The molecule has 0 saturated carbocycles. The molecule has 0 fully saturated rings. The fraction of sp³-hybridized carbons (Fsp3) is 0.625. The largest absolute Gasteiger partial charge is 0.313 e. The van der Waals surface area contributed by atoms with E-state index in [4.69, 9.17) is 0 Å². The highest BCUT2D eigenvalue weighted by molar-refractivity contribution is 7.92. The van der Waals surface area contributed by atoms with Gasteiger partial charge in [0.2, 0.25) is 0 Å². The molecule has 20 heavy (non-hydrogen) atoms. The molecule has 1 aromatic rings. The fourth-order valence-electron chi connectivity index (χ4n) is 2.57. The fourth-order valence-corrected chi connectivity index (χ4v) is 4.56. The predicted octanol–water partition coefficient (Wildman–Crippen LogP) is 3.41. The van der Waals surface area contributed by atoms with Gasteiger partial charge in [-0.2, -0.15) is 0 Å². The van der Waals surface area contributed by atoms with Crippen LogP contribution in [0.15, 0.2) is 35.2 Å². The number of hydrogen-bond acceptors (Lipinski definition) is 3. The van der Waals surface area contributed by atoms with Crippen molar-refractivity contribution in [1.82, 2.24) is 5.32 Å². The molecule has 1 N–H and O–H groups in total. The lowest BCUT2D eigenvalue weighted by molar-refractivity contribution is 0.436. The highest BCUT2D eigenvalue weighted by Crippen LogP contribution is 2.22. The number of rotatable bonds is 9. The van der Waals surface area contributed by atoms with Crippen LogP contribution in [-0.4, -0.2) is 26.3 Å². The number of sulfone groups is 1. The minimum atomic E-state index is -3.27. The molecule has 2 atom stereocenters. The first kappa shape index (κ1) is 17.2. The molecule has 0 radical (unpaired) electrons. The molecular weight excluding hydrogens is 270 g/mol. The Kier molecular flexibility index (Phi) is 7.24. The number of benzene rings is 1. The summed E-state index contributed by atoms with van der Waals surface area (Å²) >= 11 is 0. The average molecular weight is 297 g/mol. The van der Waals surface area contributed by atoms with Crippen molar-refractivity contribution >= 4 is 9.84 Å². The van der Waals surface area contributed by atoms with Crippen molar-refractivity contribution in [2.45, 2.75) is 62.6 Å². The first-order chi connectivity index (χ1) is 9.57. The molecule has 4 heteroatoms. The van der Waals surface area contributed by atoms with Crippen LogP contribution >= 0.6 is 0 Å². The third-order valence-corrected chi connectivity index (χ3v) is 5.97. The van der Waals surface area contributed by atoms with E-state index in [-0.39, 0.29) is 11.3 Å². The summed E-state index contributed by atoms with van der Waals surface area (Å²) in [5.74, 6) is 0. The normalized spacial score (nSPS) is 14.9. The molecule has 0 aliphatic heterocycles. The first-order valence-corrected chi connectivity index (χ1v) is 9.14. The van der Waals surface area contributed by atoms with Crippen LogP contribution in [0.2, 0.25) is 0 Å². The Balaban J connectivity index is 3.02. The minimum Gasteiger partial charge on any atom is -0.313 e. The van der Waals surface area contributed by atoms with E-state index in [9.17, 15) is 8.42 Å². The molecule has 0 saturated heterocycles. The van der Waals surface area contributed by atoms with Gasteiger partial charge >= 0.3 is 0 Å². The third-order valence-electron chi connectivity index (χ3n) is 3.58. The smallest absolute Gasteiger partial charge is 0.182 e. The van der Waals surface area contributed by atoms with Gasteiger partial charge in [0, 0.05) is 6.04 Å². The van der Waals surface area contributed by atoms with Crippen molar-refractivity contribution < 1.29 is 8.42 Å². The van der Waals surface area contributed by atoms with Crippen LogP contribution in [-0.2, 0) is 9.84 Å². The number of hydrogen-bond donors (Lipinski definition) is 1. The van der Waals surface area contributed by atoms with Crippen LogP contribution in [0.25, 0.3) is 0 Å². The standard InChI is InChI=1S/C16H27NO2S/c1-4-10-15(17-13-5-2)16(6-3)20(18,19)14-11-8-7-9-12-14/h7-9,11-12,15-17H,4-6,10,13H2,1-3H3. The molecular formula is C16H27NO2S. The maximum atomic E-state index is 12.8. The van der Waals surface area contributed by atoms with Crippen molar-refractivity contribution in [3.05, 3.63) is 30.3 Å². The Morgan fingerprint density at radius 2 is 1.70 bits per heavy atom. The van der Waals surface area contributed by atoms with E-state index in [2.05, 4.69) is 19.2 Å². The Labute approximate surface area is 123 Å². The molecule has 0 aliphatic rings. The quantitative estimate of drug-likeness (QED) is 0.760. The van der Waals surface area contributed by atoms with Gasteiger partial charge in [0.25, 0.3) is 0 Å². The summed E-state index contributed by atoms with van der Waals surface area (Å²) in [6.45, 7) is 7.03. The van der Waals surface area contributed by atoms with Crippen LogP contribution in [0.4, 0.5) is 0 Å². The van der Waals surface area contributed by atoms with Gasteiger partial charge in [0.05, 0.1) is 10.1 Å². The van der Waals surface area contributed by atoms with E-state index in [1.807, 2.05) is 13.0 Å². The summed E-state index contributed by atoms with van der Waals surface area (Å²) in [6.07, 6.45) is 3.54. The highest BCUT2D eigenvalue weighted by Gasteiger charge is 2.32. The van der Waals surface area contributed by atoms with E-state index in [1.165, 1.54) is 0 Å². The minimum absolute atomic E-state index is 0.0372. The van der Waals surface area contributed by atoms with Gasteiger partial charge in [-0.15, -0.1) is 0 Å². The van der Waals surface area contributed by atoms with Crippen molar-refractivity contribution in [3.63, 3.8) is 0 Å². The second-order valence-electron chi connectivity index (χ2n) is 5.15. The Hall–Kier alpha value is -0.870. The van der Waals surface area contributed by atoms with E-state index in [0.717, 1.165) is 25.8 Å². The Morgan fingerprint density at radius 1 is 1.05 bits per heavy atom. The lowest BCUT2D eigenvalue weighted by Gasteiger charge is -2.27. The molecule has 1 rings (SSSR count). The zero-order valence-electron chi connectivity index (χ0n) is 12.8. The Bertz CT molecular complexity index is 471. The summed E-state index contributed by atoms with van der Waals surface area (Å²) < 4.78 is 25.6. The van der Waals surface area contributed by atoms with Gasteiger partial charge in [0.15, 0.2) is 9.84 Å². The molecule has 1 aromatic carbocycles. The Morgan fingerprint density at radius 3 is 2.20 bits per heavy atom. The van der Waals surface area contributed by atoms with Gasteiger partial charge in [-0.3, -0.25) is 0 Å². The van der Waals surface area contributed by atoms with Crippen molar-refractivity contribution in [2.75, 3.05) is 6.54 Å².